The van der Waals surface area contributed by atoms with Gasteiger partial charge in [-0.3, -0.25) is 24.0 Å². The first-order chi connectivity index (χ1) is 60.5. The van der Waals surface area contributed by atoms with E-state index >= 15 is 0 Å². The van der Waals surface area contributed by atoms with Crippen molar-refractivity contribution in [2.24, 2.45) is 27.1 Å². The Morgan fingerprint density at radius 3 is 0.633 bits per heavy atom. The second-order valence-corrected chi connectivity index (χ2v) is 36.5. The Balaban J connectivity index is 0.000000137. The number of hydrogen-bond donors (Lipinski definition) is 5. The molecule has 7 aromatic carbocycles. The van der Waals surface area contributed by atoms with Crippen molar-refractivity contribution in [3.63, 3.8) is 0 Å². The molecule has 0 fully saturated rings. The van der Waals surface area contributed by atoms with Crippen LogP contribution in [-0.4, -0.2) is 90.0 Å². The van der Waals surface area contributed by atoms with Crippen molar-refractivity contribution in [1.29, 1.82) is 0 Å². The molecule has 17 rings (SSSR count). The van der Waals surface area contributed by atoms with Crippen LogP contribution in [0.5, 0.6) is 28.7 Å². The zero-order valence-corrected chi connectivity index (χ0v) is 76.0. The maximum Gasteiger partial charge on any atom is 0.165 e. The Bertz CT molecular complexity index is 5830. The smallest absolute Gasteiger partial charge is 0.165 e. The Hall–Kier alpha value is -13.8. The fraction of sp³-hybridized carbons (Fsp3) is 0.265. The highest BCUT2D eigenvalue weighted by atomic mass is 16.5. The Morgan fingerprint density at radius 1 is 0.273 bits per heavy atom. The summed E-state index contributed by atoms with van der Waals surface area (Å²) in [6.07, 6.45) is 25.2. The molecule has 0 heterocycles. The zero-order chi connectivity index (χ0) is 93.3. The summed E-state index contributed by atoms with van der Waals surface area (Å²) in [6, 6.07) is 48.6. The summed E-state index contributed by atoms with van der Waals surface area (Å²) in [4.78, 5) is 64.2. The quantitative estimate of drug-likeness (QED) is 0.0601. The highest BCUT2D eigenvalue weighted by Crippen LogP contribution is 2.63. The van der Waals surface area contributed by atoms with Crippen LogP contribution in [0.3, 0.4) is 0 Å². The largest absolute Gasteiger partial charge is 0.507 e. The predicted molar refractivity (Wildman–Crippen MR) is 511 cm³/mol. The zero-order valence-electron chi connectivity index (χ0n) is 76.0. The monoisotopic (exact) mass is 1710 g/mol. The number of aliphatic hydroxyl groups is 5. The molecule has 0 aromatic heterocycles. The standard InChI is InChI=1S/2C25H24O3.3C21H22O3/c2*1-16-19-11-10-18(28-4)14-20(19)24(2)13-12-21(26)25(3,23(24)22(16)27)15-17-8-6-5-7-9-17;3*1-6-10-21(4)17(22)9-11-20(3)16-12-14(24-5)7-8-15(16)13(2)18(23)19(20)21/h2*5-14,27H,1,15H2,2-4H3;3*6-9,11-12,23H,1-2,10H2,3-5H3/t24-,25-;;2*20-,21-;/m1.10./s1. The minimum absolute atomic E-state index is 0.00507. The fourth-order valence-corrected chi connectivity index (χ4v) is 21.6. The number of hydrogen-bond acceptors (Lipinski definition) is 15. The van der Waals surface area contributed by atoms with Crippen LogP contribution in [0.2, 0.25) is 0 Å². The molecule has 15 nitrogen and oxygen atoms in total. The Morgan fingerprint density at radius 2 is 0.453 bits per heavy atom. The van der Waals surface area contributed by atoms with E-state index in [1.165, 1.54) is 0 Å². The molecule has 0 saturated heterocycles. The number of ether oxygens (including phenoxy) is 5. The van der Waals surface area contributed by atoms with E-state index in [1.807, 2.05) is 237 Å². The number of carbonyl (C=O) groups is 5. The van der Waals surface area contributed by atoms with Crippen molar-refractivity contribution in [1.82, 2.24) is 0 Å². The minimum Gasteiger partial charge on any atom is -0.507 e. The lowest BCUT2D eigenvalue weighted by molar-refractivity contribution is -0.122. The lowest BCUT2D eigenvalue weighted by atomic mass is 9.55. The molecule has 128 heavy (non-hydrogen) atoms. The number of benzene rings is 7. The van der Waals surface area contributed by atoms with E-state index in [1.54, 1.807) is 84.2 Å². The van der Waals surface area contributed by atoms with Crippen LogP contribution in [-0.2, 0) is 63.9 Å². The number of allylic oxidation sites excluding steroid dienone is 23. The van der Waals surface area contributed by atoms with Gasteiger partial charge in [0.25, 0.3) is 0 Å². The number of aliphatic hydroxyl groups excluding tert-OH is 5. The Labute approximate surface area is 752 Å². The lowest BCUT2D eigenvalue weighted by Crippen LogP contribution is -2.46. The second-order valence-electron chi connectivity index (χ2n) is 36.5. The van der Waals surface area contributed by atoms with Crippen LogP contribution in [0.25, 0.3) is 27.9 Å². The van der Waals surface area contributed by atoms with Gasteiger partial charge in [0.15, 0.2) is 28.9 Å². The molecule has 5 N–H and O–H groups in total. The molecule has 0 amide bonds. The second kappa shape index (κ2) is 33.8. The van der Waals surface area contributed by atoms with Crippen molar-refractivity contribution >= 4 is 56.8 Å². The molecular formula is C113H114O15. The molecule has 10 atom stereocenters. The first-order valence-corrected chi connectivity index (χ1v) is 42.7. The molecule has 4 unspecified atom stereocenters. The average molecular weight is 1710 g/mol. The lowest BCUT2D eigenvalue weighted by Gasteiger charge is -2.47. The van der Waals surface area contributed by atoms with Gasteiger partial charge in [0, 0.05) is 82.8 Å². The normalized spacial score (nSPS) is 27.4. The van der Waals surface area contributed by atoms with Gasteiger partial charge in [0.2, 0.25) is 0 Å². The van der Waals surface area contributed by atoms with Crippen LogP contribution in [0.15, 0.2) is 340 Å². The van der Waals surface area contributed by atoms with Gasteiger partial charge < -0.3 is 49.2 Å². The van der Waals surface area contributed by atoms with Crippen LogP contribution in [0.1, 0.15) is 155 Å². The van der Waals surface area contributed by atoms with Gasteiger partial charge >= 0.3 is 0 Å². The molecule has 0 bridgehead atoms. The van der Waals surface area contributed by atoms with Crippen LogP contribution in [0.4, 0.5) is 0 Å². The minimum atomic E-state index is -0.862. The molecule has 10 aliphatic carbocycles. The van der Waals surface area contributed by atoms with Gasteiger partial charge in [-0.1, -0.05) is 172 Å². The maximum absolute atomic E-state index is 13.1. The van der Waals surface area contributed by atoms with Crippen LogP contribution in [0, 0.1) is 27.1 Å². The number of carbonyl (C=O) groups excluding carboxylic acids is 5. The van der Waals surface area contributed by atoms with Crippen molar-refractivity contribution in [3.8, 4) is 28.7 Å². The van der Waals surface area contributed by atoms with E-state index in [2.05, 4.69) is 66.5 Å². The van der Waals surface area contributed by atoms with E-state index in [-0.39, 0.29) is 57.7 Å². The summed E-state index contributed by atoms with van der Waals surface area (Å²) in [5.74, 6) is 4.16. The maximum atomic E-state index is 13.1. The van der Waals surface area contributed by atoms with Gasteiger partial charge in [-0.2, -0.15) is 0 Å². The Kier molecular flexibility index (Phi) is 24.3. The van der Waals surface area contributed by atoms with Crippen molar-refractivity contribution < 1.29 is 73.2 Å². The van der Waals surface area contributed by atoms with Crippen molar-refractivity contribution in [2.75, 3.05) is 35.5 Å². The number of rotatable bonds is 15. The molecular weight excluding hydrogens is 1600 g/mol. The first-order valence-electron chi connectivity index (χ1n) is 42.7. The molecule has 656 valence electrons. The third-order valence-corrected chi connectivity index (χ3v) is 28.5. The molecule has 7 aromatic rings. The van der Waals surface area contributed by atoms with E-state index < -0.39 is 54.1 Å². The summed E-state index contributed by atoms with van der Waals surface area (Å²) in [6.45, 7) is 51.4. The molecule has 15 heteroatoms. The highest BCUT2D eigenvalue weighted by Gasteiger charge is 2.58. The van der Waals surface area contributed by atoms with Crippen molar-refractivity contribution in [2.45, 2.75) is 128 Å². The summed E-state index contributed by atoms with van der Waals surface area (Å²) < 4.78 is 27.0. The number of methoxy groups -OCH3 is 5. The summed E-state index contributed by atoms with van der Waals surface area (Å²) in [7, 11) is 8.14. The summed E-state index contributed by atoms with van der Waals surface area (Å²) in [5.41, 5.74) is 10.4. The SMILES string of the molecule is C=C1C(O)=C2C(C)(Cc3ccccc3)C(=O)C=CC2(C)c2cc(OC)ccc21.C=C1C(O)=C2[C@](C)(Cc3ccccc3)C(=O)C=C[C@]2(C)c2cc(OC)ccc21.C=CCC1(C)C(=O)C=CC2(C)C1=C(O)C(=C)c1ccc(OC)cc12.C=CC[C@@]1(C)C(=O)C=C[C@]2(C)C1=C(O)C(=C)c1ccc(OC)cc12.C=CC[C@]1(C)C(=O)C=C[C@@]2(C)C1=C(O)C(=C)c1ccc(OC)cc12. The van der Waals surface area contributed by atoms with Gasteiger partial charge in [0.1, 0.15) is 57.5 Å². The fourth-order valence-electron chi connectivity index (χ4n) is 21.6. The predicted octanol–water partition coefficient (Wildman–Crippen LogP) is 23.9. The molecule has 0 saturated carbocycles. The third kappa shape index (κ3) is 14.5. The number of fused-ring (bicyclic) bond motifs is 15. The third-order valence-electron chi connectivity index (χ3n) is 28.5. The van der Waals surface area contributed by atoms with Gasteiger partial charge in [-0.25, -0.2) is 0 Å². The van der Waals surface area contributed by atoms with Crippen LogP contribution >= 0.6 is 0 Å². The van der Waals surface area contributed by atoms with Gasteiger partial charge in [-0.05, 0) is 259 Å². The van der Waals surface area contributed by atoms with E-state index in [4.69, 9.17) is 23.7 Å². The first kappa shape index (κ1) is 91.9. The van der Waals surface area contributed by atoms with Crippen molar-refractivity contribution in [3.05, 3.63) is 407 Å². The summed E-state index contributed by atoms with van der Waals surface area (Å²) >= 11 is 0. The molecule has 10 aliphatic rings. The van der Waals surface area contributed by atoms with E-state index in [9.17, 15) is 49.5 Å². The topological polar surface area (TPSA) is 233 Å². The number of ketones is 5. The molecule has 0 radical (unpaired) electrons. The van der Waals surface area contributed by atoms with Gasteiger partial charge in [-0.15, -0.1) is 19.7 Å². The highest BCUT2D eigenvalue weighted by molar-refractivity contribution is 6.06. The summed E-state index contributed by atoms with van der Waals surface area (Å²) in [5, 5.41) is 55.2. The molecule has 0 aliphatic heterocycles. The van der Waals surface area contributed by atoms with E-state index in [0.29, 0.717) is 87.8 Å². The average Bonchev–Trinajstić information content (AvgIpc) is 0.724. The van der Waals surface area contributed by atoms with Crippen LogP contribution < -0.4 is 23.7 Å². The van der Waals surface area contributed by atoms with Gasteiger partial charge in [0.05, 0.1) is 62.6 Å². The molecule has 0 spiro atoms. The van der Waals surface area contributed by atoms with E-state index in [0.717, 1.165) is 95.5 Å².